The van der Waals surface area contributed by atoms with Gasteiger partial charge in [-0.15, -0.1) is 17.9 Å². The molecule has 2 N–H and O–H groups in total. The van der Waals surface area contributed by atoms with Crippen molar-refractivity contribution in [2.75, 3.05) is 19.0 Å². The van der Waals surface area contributed by atoms with Crippen molar-refractivity contribution < 1.29 is 38.1 Å². The number of Topliss-reactive ketones (excluding diaryl/α,β-unsaturated/α-hetero) is 1. The Kier molecular flexibility index (Phi) is 13.0. The maximum absolute atomic E-state index is 15.0. The third-order valence-corrected chi connectivity index (χ3v) is 15.9. The van der Waals surface area contributed by atoms with Crippen LogP contribution in [-0.2, 0) is 29.8 Å². The van der Waals surface area contributed by atoms with Crippen LogP contribution in [0.5, 0.6) is 11.5 Å². The number of anilines is 1. The average Bonchev–Trinajstić information content (AvgIpc) is 3.61. The number of methoxy groups -OCH3 is 1. The van der Waals surface area contributed by atoms with Crippen LogP contribution in [0.1, 0.15) is 91.7 Å². The zero-order valence-electron chi connectivity index (χ0n) is 35.8. The molecule has 1 unspecified atom stereocenters. The van der Waals surface area contributed by atoms with Crippen LogP contribution in [0.3, 0.4) is 0 Å². The Morgan fingerprint density at radius 2 is 1.89 bits per heavy atom. The number of likely N-dealkylation sites (tertiary alicyclic amines) is 1. The fourth-order valence-corrected chi connectivity index (χ4v) is 12.1. The van der Waals surface area contributed by atoms with Gasteiger partial charge in [-0.1, -0.05) is 26.8 Å². The number of ketones is 1. The number of carbonyl (C=O) groups is 3. The number of aromatic nitrogens is 4. The summed E-state index contributed by atoms with van der Waals surface area (Å²) < 4.78 is 32.5. The fourth-order valence-electron chi connectivity index (χ4n) is 8.78. The van der Waals surface area contributed by atoms with Crippen LogP contribution in [0.15, 0.2) is 60.9 Å². The van der Waals surface area contributed by atoms with E-state index in [1.54, 1.807) is 19.3 Å². The van der Waals surface area contributed by atoms with Crippen LogP contribution in [0.25, 0.3) is 22.3 Å². The number of benzene rings is 1. The molecule has 0 spiro atoms. The highest BCUT2D eigenvalue weighted by atomic mass is 32.1. The zero-order chi connectivity index (χ0) is 43.7. The molecule has 1 aromatic carbocycles. The topological polar surface area (TPSA) is 183 Å². The first kappa shape index (κ1) is 44.3. The molecule has 4 aromatic rings. The van der Waals surface area contributed by atoms with Gasteiger partial charge in [-0.05, 0) is 75.5 Å². The van der Waals surface area contributed by atoms with E-state index in [0.29, 0.717) is 45.9 Å². The number of hydrogen-bond donors (Lipinski definition) is 2. The summed E-state index contributed by atoms with van der Waals surface area (Å²) in [4.78, 5) is 74.3. The number of allylic oxidation sites excluding steroid dienone is 1. The number of nitrogens with one attached hydrogen (secondary N) is 1. The lowest BCUT2D eigenvalue weighted by atomic mass is 9.77. The molecule has 326 valence electrons. The van der Waals surface area contributed by atoms with E-state index in [4.69, 9.17) is 24.2 Å². The Hall–Kier alpha value is -4.72. The van der Waals surface area contributed by atoms with Crippen LogP contribution >= 0.6 is 18.7 Å². The van der Waals surface area contributed by atoms with E-state index >= 15 is 0 Å². The Morgan fingerprint density at radius 1 is 1.11 bits per heavy atom. The summed E-state index contributed by atoms with van der Waals surface area (Å²) in [7, 11) is -2.46. The number of rotatable bonds is 17. The van der Waals surface area contributed by atoms with Crippen molar-refractivity contribution in [1.82, 2.24) is 24.8 Å². The Balaban J connectivity index is 1.22. The second-order valence-corrected chi connectivity index (χ2v) is 21.5. The summed E-state index contributed by atoms with van der Waals surface area (Å²) in [5.41, 5.74) is 1.56. The van der Waals surface area contributed by atoms with Crippen LogP contribution in [0, 0.1) is 17.3 Å². The highest BCUT2D eigenvalue weighted by Gasteiger charge is 2.65. The van der Waals surface area contributed by atoms with Crippen LogP contribution < -0.4 is 14.8 Å². The lowest BCUT2D eigenvalue weighted by Gasteiger charge is -2.35. The fraction of sp³-hybridized carbons (Fsp3) is 0.533. The highest BCUT2D eigenvalue weighted by Crippen LogP contribution is 2.74. The number of amides is 1. The quantitative estimate of drug-likeness (QED) is 0.0588. The van der Waals surface area contributed by atoms with Gasteiger partial charge >= 0.3 is 5.97 Å². The molecule has 3 aromatic heterocycles. The van der Waals surface area contributed by atoms with Crippen molar-refractivity contribution in [1.29, 1.82) is 0 Å². The first-order chi connectivity index (χ1) is 29.0. The maximum Gasteiger partial charge on any atom is 0.306 e. The van der Waals surface area contributed by atoms with E-state index in [2.05, 4.69) is 21.9 Å². The molecule has 4 heterocycles. The summed E-state index contributed by atoms with van der Waals surface area (Å²) in [6.07, 6.45) is 7.07. The Labute approximate surface area is 361 Å². The molecule has 16 heteroatoms. The number of esters is 1. The summed E-state index contributed by atoms with van der Waals surface area (Å²) in [6.45, 7) is 13.8. The molecule has 3 aliphatic rings. The minimum atomic E-state index is -4.05. The van der Waals surface area contributed by atoms with Crippen molar-refractivity contribution >= 4 is 52.4 Å². The molecule has 1 aliphatic heterocycles. The lowest BCUT2D eigenvalue weighted by Crippen LogP contribution is -2.48. The van der Waals surface area contributed by atoms with Gasteiger partial charge in [0.1, 0.15) is 35.7 Å². The number of ether oxygens (including phenoxy) is 3. The molecule has 0 radical (unpaired) electrons. The SMILES string of the molecule is C=C[C@@H]1C[C@]1(CC(=O)[C@@H]1C[C@@H](Oc2cc(-c3csc(NC(C)C)n3)nc3cc(OC)ccc23)CN1C(=O)[C@@H](CC(=O)OC1CCCC1)C(C)(C)C)P(=O)(O)Cc1ccncn1. The Morgan fingerprint density at radius 3 is 2.54 bits per heavy atom. The van der Waals surface area contributed by atoms with Crippen molar-refractivity contribution in [3.8, 4) is 22.9 Å². The number of thiazole rings is 1. The molecule has 2 saturated carbocycles. The van der Waals surface area contributed by atoms with Gasteiger partial charge in [-0.2, -0.15) is 0 Å². The molecule has 0 bridgehead atoms. The van der Waals surface area contributed by atoms with Crippen molar-refractivity contribution in [2.24, 2.45) is 17.3 Å². The summed E-state index contributed by atoms with van der Waals surface area (Å²) >= 11 is 1.47. The molecule has 7 rings (SSSR count). The second-order valence-electron chi connectivity index (χ2n) is 18.1. The first-order valence-electron chi connectivity index (χ1n) is 21.1. The minimum absolute atomic E-state index is 0.0452. The molecule has 14 nitrogen and oxygen atoms in total. The zero-order valence-corrected chi connectivity index (χ0v) is 37.5. The van der Waals surface area contributed by atoms with E-state index in [9.17, 15) is 23.8 Å². The molecule has 61 heavy (non-hydrogen) atoms. The van der Waals surface area contributed by atoms with Gasteiger partial charge in [0.15, 0.2) is 10.9 Å². The third-order valence-electron chi connectivity index (χ3n) is 12.3. The number of carbonyl (C=O) groups excluding carboxylic acids is 3. The lowest BCUT2D eigenvalue weighted by molar-refractivity contribution is -0.156. The van der Waals surface area contributed by atoms with Crippen molar-refractivity contribution in [3.63, 3.8) is 0 Å². The highest BCUT2D eigenvalue weighted by molar-refractivity contribution is 7.59. The summed E-state index contributed by atoms with van der Waals surface area (Å²) in [5.74, 6) is -1.24. The van der Waals surface area contributed by atoms with Gasteiger partial charge in [-0.3, -0.25) is 18.9 Å². The van der Waals surface area contributed by atoms with Gasteiger partial charge in [0, 0.05) is 48.0 Å². The van der Waals surface area contributed by atoms with Gasteiger partial charge in [0.05, 0.1) is 60.3 Å². The molecule has 1 saturated heterocycles. The minimum Gasteiger partial charge on any atom is -0.497 e. The maximum atomic E-state index is 15.0. The smallest absolute Gasteiger partial charge is 0.306 e. The largest absolute Gasteiger partial charge is 0.497 e. The van der Waals surface area contributed by atoms with Gasteiger partial charge in [-0.25, -0.2) is 19.9 Å². The molecule has 6 atom stereocenters. The standard InChI is InChI=1S/C45H57N6O8PS/c1-8-28-21-45(28,60(55,56)24-29-15-16-46-26-47-29)22-39(52)38-18-32(23-51(38)42(54)34(44(4,5)6)19-41(53)59-30-11-9-10-12-30)58-40-20-36(37-25-61-43(50-37)48-27(2)3)49-35-17-31(57-7)13-14-33(35)40/h8,13-17,20,25-28,30,32,34,38H,1,9-12,18-19,21-24H2,2-7H3,(H,48,50)(H,55,56)/t28-,32-,34-,38+,45-/m1/s1. The second kappa shape index (κ2) is 17.9. The normalized spacial score (nSPS) is 23.1. The first-order valence-corrected chi connectivity index (χ1v) is 23.8. The number of pyridine rings is 1. The van der Waals surface area contributed by atoms with Crippen LogP contribution in [0.2, 0.25) is 0 Å². The summed E-state index contributed by atoms with van der Waals surface area (Å²) in [6, 6.07) is 8.11. The third kappa shape index (κ3) is 9.84. The molecule has 2 aliphatic carbocycles. The van der Waals surface area contributed by atoms with E-state index < -0.39 is 42.0 Å². The van der Waals surface area contributed by atoms with Gasteiger partial charge in [0.2, 0.25) is 13.3 Å². The number of hydrogen-bond acceptors (Lipinski definition) is 13. The summed E-state index contributed by atoms with van der Waals surface area (Å²) in [5, 5.41) is 5.46. The average molecular weight is 873 g/mol. The molecule has 3 fully saturated rings. The van der Waals surface area contributed by atoms with E-state index in [1.165, 1.54) is 28.8 Å². The van der Waals surface area contributed by atoms with Crippen molar-refractivity contribution in [3.05, 3.63) is 66.6 Å². The predicted octanol–water partition coefficient (Wildman–Crippen LogP) is 8.24. The van der Waals surface area contributed by atoms with E-state index in [-0.39, 0.29) is 61.7 Å². The molecular weight excluding hydrogens is 816 g/mol. The molecule has 1 amide bonds. The van der Waals surface area contributed by atoms with Crippen molar-refractivity contribution in [2.45, 2.75) is 122 Å². The monoisotopic (exact) mass is 872 g/mol. The van der Waals surface area contributed by atoms with E-state index in [0.717, 1.165) is 30.8 Å². The van der Waals surface area contributed by atoms with Crippen LogP contribution in [-0.4, -0.2) is 90.5 Å². The number of nitrogens with zero attached hydrogens (tertiary/aromatic N) is 5. The van der Waals surface area contributed by atoms with Gasteiger partial charge in [0.25, 0.3) is 0 Å². The molecular formula is C45H57N6O8PS. The van der Waals surface area contributed by atoms with Crippen LogP contribution in [0.4, 0.5) is 5.13 Å². The number of fused-ring (bicyclic) bond motifs is 1. The predicted molar refractivity (Wildman–Crippen MR) is 235 cm³/mol. The van der Waals surface area contributed by atoms with E-state index in [1.807, 2.05) is 64.3 Å². The Bertz CT molecular complexity index is 2310. The van der Waals surface area contributed by atoms with Gasteiger partial charge < -0.3 is 29.3 Å².